The van der Waals surface area contributed by atoms with Gasteiger partial charge in [0.2, 0.25) is 0 Å². The van der Waals surface area contributed by atoms with Crippen LogP contribution in [-0.2, 0) is 10.3 Å². The number of aliphatic imine (C=N–C) groups is 1. The second-order valence-electron chi connectivity index (χ2n) is 5.55. The third kappa shape index (κ3) is 2.52. The Morgan fingerprint density at radius 1 is 1.57 bits per heavy atom. The summed E-state index contributed by atoms with van der Waals surface area (Å²) in [6.07, 6.45) is 1.12. The lowest BCUT2D eigenvalue weighted by Crippen LogP contribution is -2.49. The van der Waals surface area contributed by atoms with E-state index < -0.39 is 5.54 Å². The van der Waals surface area contributed by atoms with Crippen LogP contribution in [0.4, 0.5) is 0 Å². The van der Waals surface area contributed by atoms with Gasteiger partial charge in [-0.15, -0.1) is 0 Å². The molecular weight excluding hydrogens is 306 g/mol. The normalized spacial score (nSPS) is 32.0. The molecule has 0 aliphatic carbocycles. The maximum atomic E-state index is 9.15. The molecule has 3 rings (SSSR count). The van der Waals surface area contributed by atoms with Crippen LogP contribution >= 0.6 is 23.4 Å². The first-order valence-corrected chi connectivity index (χ1v) is 8.21. The van der Waals surface area contributed by atoms with E-state index in [0.717, 1.165) is 17.7 Å². The smallest absolute Gasteiger partial charge is 0.154 e. The number of thioether (sulfide) groups is 1. The summed E-state index contributed by atoms with van der Waals surface area (Å²) in [4.78, 5) is 4.72. The number of halogens is 1. The van der Waals surface area contributed by atoms with Crippen molar-refractivity contribution in [1.82, 2.24) is 0 Å². The summed E-state index contributed by atoms with van der Waals surface area (Å²) < 4.78 is 5.87. The highest BCUT2D eigenvalue weighted by Gasteiger charge is 2.48. The molecule has 2 aliphatic heterocycles. The number of benzene rings is 1. The molecule has 1 aromatic carbocycles. The summed E-state index contributed by atoms with van der Waals surface area (Å²) in [6.45, 7) is 2.53. The summed E-state index contributed by atoms with van der Waals surface area (Å²) in [6, 6.07) is 7.46. The minimum Gasteiger partial charge on any atom is -0.379 e. The van der Waals surface area contributed by atoms with Crippen molar-refractivity contribution in [1.29, 1.82) is 5.26 Å². The van der Waals surface area contributed by atoms with Gasteiger partial charge in [0, 0.05) is 22.3 Å². The molecule has 2 heterocycles. The van der Waals surface area contributed by atoms with E-state index in [2.05, 4.69) is 13.0 Å². The quantitative estimate of drug-likeness (QED) is 0.863. The van der Waals surface area contributed by atoms with Crippen LogP contribution < -0.4 is 5.73 Å². The van der Waals surface area contributed by atoms with Crippen LogP contribution in [-0.4, -0.2) is 23.6 Å². The SMILES string of the molecule is C[C@H]1C[C@H]2CSC(N)=N[C@@]2(c2cc(C#N)ccc2Cl)CO1. The van der Waals surface area contributed by atoms with Gasteiger partial charge in [0.25, 0.3) is 0 Å². The first-order chi connectivity index (χ1) is 10.0. The van der Waals surface area contributed by atoms with E-state index in [1.54, 1.807) is 23.9 Å². The van der Waals surface area contributed by atoms with Crippen LogP contribution in [0.1, 0.15) is 24.5 Å². The van der Waals surface area contributed by atoms with Crippen molar-refractivity contribution in [3.8, 4) is 6.07 Å². The number of ether oxygens (including phenoxy) is 1. The maximum Gasteiger partial charge on any atom is 0.154 e. The first-order valence-electron chi connectivity index (χ1n) is 6.85. The van der Waals surface area contributed by atoms with Crippen LogP contribution in [0.15, 0.2) is 23.2 Å². The number of nitriles is 1. The Kier molecular flexibility index (Phi) is 3.87. The highest BCUT2D eigenvalue weighted by Crippen LogP contribution is 2.47. The van der Waals surface area contributed by atoms with Crippen molar-refractivity contribution < 1.29 is 4.74 Å². The van der Waals surface area contributed by atoms with Gasteiger partial charge >= 0.3 is 0 Å². The number of nitrogens with two attached hydrogens (primary N) is 1. The second kappa shape index (κ2) is 5.53. The van der Waals surface area contributed by atoms with Gasteiger partial charge in [0.15, 0.2) is 5.17 Å². The van der Waals surface area contributed by atoms with Gasteiger partial charge in [0.05, 0.1) is 24.3 Å². The third-order valence-corrected chi connectivity index (χ3v) is 5.47. The Labute approximate surface area is 133 Å². The van der Waals surface area contributed by atoms with Gasteiger partial charge in [-0.1, -0.05) is 23.4 Å². The van der Waals surface area contributed by atoms with Gasteiger partial charge in [-0.05, 0) is 31.5 Å². The minimum absolute atomic E-state index is 0.205. The van der Waals surface area contributed by atoms with E-state index >= 15 is 0 Å². The zero-order valence-corrected chi connectivity index (χ0v) is 13.2. The molecule has 21 heavy (non-hydrogen) atoms. The van der Waals surface area contributed by atoms with Gasteiger partial charge in [-0.25, -0.2) is 4.99 Å². The number of hydrogen-bond acceptors (Lipinski definition) is 5. The molecule has 110 valence electrons. The first kappa shape index (κ1) is 14.7. The molecule has 0 aromatic heterocycles. The number of fused-ring (bicyclic) bond motifs is 1. The molecule has 3 atom stereocenters. The predicted octanol–water partition coefficient (Wildman–Crippen LogP) is 2.89. The predicted molar refractivity (Wildman–Crippen MR) is 85.4 cm³/mol. The monoisotopic (exact) mass is 321 g/mol. The van der Waals surface area contributed by atoms with Crippen LogP contribution in [0.5, 0.6) is 0 Å². The number of hydrogen-bond donors (Lipinski definition) is 1. The van der Waals surface area contributed by atoms with E-state index in [4.69, 9.17) is 32.3 Å². The lowest BCUT2D eigenvalue weighted by Gasteiger charge is -2.46. The van der Waals surface area contributed by atoms with Gasteiger partial charge in [-0.3, -0.25) is 0 Å². The summed E-state index contributed by atoms with van der Waals surface area (Å²) in [5.41, 5.74) is 6.83. The average molecular weight is 322 g/mol. The van der Waals surface area contributed by atoms with E-state index in [1.807, 2.05) is 6.07 Å². The Hall–Kier alpha value is -1.22. The van der Waals surface area contributed by atoms with Crippen LogP contribution in [0, 0.1) is 17.2 Å². The van der Waals surface area contributed by atoms with Crippen molar-refractivity contribution in [3.05, 3.63) is 34.3 Å². The Morgan fingerprint density at radius 2 is 2.38 bits per heavy atom. The lowest BCUT2D eigenvalue weighted by molar-refractivity contribution is -0.0465. The van der Waals surface area contributed by atoms with Gasteiger partial charge in [0.1, 0.15) is 5.54 Å². The molecule has 4 nitrogen and oxygen atoms in total. The zero-order valence-electron chi connectivity index (χ0n) is 11.7. The van der Waals surface area contributed by atoms with Crippen LogP contribution in [0.25, 0.3) is 0 Å². The summed E-state index contributed by atoms with van der Waals surface area (Å²) in [5, 5.41) is 10.3. The second-order valence-corrected chi connectivity index (χ2v) is 6.99. The van der Waals surface area contributed by atoms with Crippen molar-refractivity contribution in [2.75, 3.05) is 12.4 Å². The number of amidine groups is 1. The summed E-state index contributed by atoms with van der Waals surface area (Å²) >= 11 is 7.98. The summed E-state index contributed by atoms with van der Waals surface area (Å²) in [5.74, 6) is 1.21. The molecule has 0 unspecified atom stereocenters. The highest BCUT2D eigenvalue weighted by atomic mass is 35.5. The molecule has 1 saturated heterocycles. The molecule has 1 aromatic rings. The Morgan fingerprint density at radius 3 is 3.14 bits per heavy atom. The third-order valence-electron chi connectivity index (χ3n) is 4.18. The molecule has 2 aliphatic rings. The van der Waals surface area contributed by atoms with E-state index in [-0.39, 0.29) is 6.10 Å². The van der Waals surface area contributed by atoms with Gasteiger partial charge < -0.3 is 10.5 Å². The Balaban J connectivity index is 2.15. The fourth-order valence-corrected chi connectivity index (χ4v) is 4.37. The topological polar surface area (TPSA) is 71.4 Å². The standard InChI is InChI=1S/C15H16ClN3OS/c1-9-4-11-7-21-14(18)19-15(11,8-20-9)12-5-10(6-17)2-3-13(12)16/h2-3,5,9,11H,4,7-8H2,1H3,(H2,18,19)/t9-,11-,15-/m0/s1. The molecule has 0 radical (unpaired) electrons. The number of rotatable bonds is 1. The van der Waals surface area contributed by atoms with Crippen molar-refractivity contribution in [2.24, 2.45) is 16.6 Å². The van der Waals surface area contributed by atoms with Crippen LogP contribution in [0.3, 0.4) is 0 Å². The molecule has 6 heteroatoms. The molecule has 0 spiro atoms. The van der Waals surface area contributed by atoms with Crippen molar-refractivity contribution in [2.45, 2.75) is 25.0 Å². The maximum absolute atomic E-state index is 9.15. The van der Waals surface area contributed by atoms with Crippen molar-refractivity contribution >= 4 is 28.5 Å². The fourth-order valence-electron chi connectivity index (χ4n) is 3.08. The fraction of sp³-hybridized carbons (Fsp3) is 0.467. The summed E-state index contributed by atoms with van der Waals surface area (Å²) in [7, 11) is 0. The molecule has 1 fully saturated rings. The Bertz CT molecular complexity index is 642. The van der Waals surface area contributed by atoms with E-state index in [0.29, 0.717) is 28.3 Å². The van der Waals surface area contributed by atoms with Crippen molar-refractivity contribution in [3.63, 3.8) is 0 Å². The van der Waals surface area contributed by atoms with E-state index in [9.17, 15) is 0 Å². The highest BCUT2D eigenvalue weighted by molar-refractivity contribution is 8.13. The molecular formula is C15H16ClN3OS. The van der Waals surface area contributed by atoms with E-state index in [1.165, 1.54) is 0 Å². The minimum atomic E-state index is -0.564. The number of nitrogens with zero attached hydrogens (tertiary/aromatic N) is 2. The molecule has 2 N–H and O–H groups in total. The largest absolute Gasteiger partial charge is 0.379 e. The zero-order chi connectivity index (χ0) is 15.0. The van der Waals surface area contributed by atoms with Crippen LogP contribution in [0.2, 0.25) is 5.02 Å². The average Bonchev–Trinajstić information content (AvgIpc) is 2.48. The lowest BCUT2D eigenvalue weighted by atomic mass is 9.75. The molecule has 0 saturated carbocycles. The molecule has 0 bridgehead atoms. The van der Waals surface area contributed by atoms with Gasteiger partial charge in [-0.2, -0.15) is 5.26 Å². The molecule has 0 amide bonds.